The number of unbranched alkanes of at least 4 members (excludes halogenated alkanes) is 1. The molecule has 34 heavy (non-hydrogen) atoms. The van der Waals surface area contributed by atoms with Crippen molar-refractivity contribution in [3.8, 4) is 0 Å². The van der Waals surface area contributed by atoms with Crippen molar-refractivity contribution >= 4 is 46.9 Å². The highest BCUT2D eigenvalue weighted by molar-refractivity contribution is 8.03. The second-order valence-corrected chi connectivity index (χ2v) is 10.1. The van der Waals surface area contributed by atoms with E-state index in [9.17, 15) is 9.59 Å². The fourth-order valence-electron chi connectivity index (χ4n) is 3.88. The highest BCUT2D eigenvalue weighted by Gasteiger charge is 2.20. The number of carboxylic acid groups (broad SMARTS) is 1. The first-order valence-corrected chi connectivity index (χ1v) is 13.0. The van der Waals surface area contributed by atoms with Crippen LogP contribution in [0.2, 0.25) is 0 Å². The predicted octanol–water partition coefficient (Wildman–Crippen LogP) is 3.16. The quantitative estimate of drug-likeness (QED) is 0.385. The van der Waals surface area contributed by atoms with E-state index in [-0.39, 0.29) is 12.0 Å². The van der Waals surface area contributed by atoms with Crippen LogP contribution < -0.4 is 24.2 Å². The van der Waals surface area contributed by atoms with E-state index in [4.69, 9.17) is 5.11 Å². The van der Waals surface area contributed by atoms with Crippen LogP contribution in [0.15, 0.2) is 69.5 Å². The smallest absolute Gasteiger partial charge is 0.303 e. The molecule has 0 atom stereocenters. The van der Waals surface area contributed by atoms with Gasteiger partial charge >= 0.3 is 5.97 Å². The van der Waals surface area contributed by atoms with Gasteiger partial charge in [-0.25, -0.2) is 0 Å². The van der Waals surface area contributed by atoms with E-state index in [0.717, 1.165) is 28.4 Å². The molecule has 1 aliphatic rings. The van der Waals surface area contributed by atoms with Crippen molar-refractivity contribution in [1.29, 1.82) is 0 Å². The molecule has 3 heterocycles. The minimum atomic E-state index is -0.764. The third-order valence-electron chi connectivity index (χ3n) is 5.69. The minimum Gasteiger partial charge on any atom is -0.481 e. The molecule has 0 spiro atoms. The molecule has 0 bridgehead atoms. The predicted molar refractivity (Wildman–Crippen MR) is 138 cm³/mol. The average Bonchev–Trinajstić information content (AvgIpc) is 3.31. The molecule has 0 aliphatic carbocycles. The first kappa shape index (κ1) is 24.0. The Hall–Kier alpha value is -3.10. The number of allylic oxidation sites excluding steroid dienone is 1. The van der Waals surface area contributed by atoms with E-state index < -0.39 is 5.97 Å². The molecule has 0 amide bonds. The lowest BCUT2D eigenvalue weighted by Gasteiger charge is -2.12. The number of carbonyl (C=O) groups is 1. The number of thioether (sulfide) groups is 1. The van der Waals surface area contributed by atoms with E-state index in [1.165, 1.54) is 21.9 Å². The van der Waals surface area contributed by atoms with Crippen LogP contribution >= 0.6 is 23.1 Å². The molecule has 0 fully saturated rings. The largest absolute Gasteiger partial charge is 0.481 e. The molecule has 1 N–H and O–H groups in total. The molecule has 8 heteroatoms. The topological polar surface area (TPSA) is 66.4 Å². The van der Waals surface area contributed by atoms with Crippen molar-refractivity contribution in [3.63, 3.8) is 0 Å². The number of nitrogens with zero attached hydrogens (tertiary/aromatic N) is 3. The summed E-state index contributed by atoms with van der Waals surface area (Å²) in [5.74, 6) is -0.764. The van der Waals surface area contributed by atoms with Crippen LogP contribution in [0.1, 0.15) is 31.9 Å². The van der Waals surface area contributed by atoms with Gasteiger partial charge in [-0.15, -0.1) is 11.3 Å². The molecule has 0 saturated carbocycles. The zero-order valence-electron chi connectivity index (χ0n) is 19.3. The molecule has 176 valence electrons. The number of aryl methyl sites for hydroxylation is 1. The highest BCUT2D eigenvalue weighted by Crippen LogP contribution is 2.44. The van der Waals surface area contributed by atoms with Gasteiger partial charge in [0, 0.05) is 49.5 Å². The van der Waals surface area contributed by atoms with Gasteiger partial charge in [0.1, 0.15) is 11.2 Å². The molecule has 0 radical (unpaired) electrons. The molecule has 0 unspecified atom stereocenters. The molecular formula is C26H28N3O3S2+. The summed E-state index contributed by atoms with van der Waals surface area (Å²) in [4.78, 5) is 27.2. The lowest BCUT2D eigenvalue weighted by molar-refractivity contribution is -0.699. The summed E-state index contributed by atoms with van der Waals surface area (Å²) < 4.78 is 5.52. The van der Waals surface area contributed by atoms with Crippen LogP contribution in [0.4, 0.5) is 5.69 Å². The Morgan fingerprint density at radius 3 is 2.68 bits per heavy atom. The number of rotatable bonds is 8. The Balaban J connectivity index is 1.65. The SMILES string of the molecule is CCn1c(=O)/c(=C/C=C2\Sc3ccccc3N2C)s/c1=C\c1cccc[n+]1CCCCC(=O)O. The number of benzene rings is 1. The number of anilines is 1. The van der Waals surface area contributed by atoms with E-state index >= 15 is 0 Å². The first-order valence-electron chi connectivity index (χ1n) is 11.3. The maximum Gasteiger partial charge on any atom is 0.303 e. The van der Waals surface area contributed by atoms with Crippen LogP contribution in [0.25, 0.3) is 12.2 Å². The molecule has 2 aromatic heterocycles. The van der Waals surface area contributed by atoms with Crippen LogP contribution in [0.5, 0.6) is 0 Å². The van der Waals surface area contributed by atoms with E-state index in [1.54, 1.807) is 16.3 Å². The lowest BCUT2D eigenvalue weighted by atomic mass is 10.2. The van der Waals surface area contributed by atoms with Crippen LogP contribution in [-0.2, 0) is 17.9 Å². The minimum absolute atomic E-state index is 0.0164. The number of pyridine rings is 1. The lowest BCUT2D eigenvalue weighted by Crippen LogP contribution is -2.37. The van der Waals surface area contributed by atoms with Gasteiger partial charge in [-0.1, -0.05) is 23.9 Å². The van der Waals surface area contributed by atoms with Gasteiger partial charge in [0.05, 0.1) is 15.2 Å². The summed E-state index contributed by atoms with van der Waals surface area (Å²) in [5.41, 5.74) is 2.19. The fraction of sp³-hybridized carbons (Fsp3) is 0.269. The molecule has 3 aromatic rings. The summed E-state index contributed by atoms with van der Waals surface area (Å²) in [6.07, 6.45) is 9.59. The Morgan fingerprint density at radius 1 is 1.12 bits per heavy atom. The molecule has 0 saturated heterocycles. The normalized spacial score (nSPS) is 15.4. The number of hydrogen-bond acceptors (Lipinski definition) is 5. The molecule has 6 nitrogen and oxygen atoms in total. The summed E-state index contributed by atoms with van der Waals surface area (Å²) in [7, 11) is 2.04. The first-order chi connectivity index (χ1) is 16.5. The number of hydrogen-bond donors (Lipinski definition) is 1. The van der Waals surface area contributed by atoms with Gasteiger partial charge in [-0.3, -0.25) is 14.2 Å². The second kappa shape index (κ2) is 10.9. The van der Waals surface area contributed by atoms with Gasteiger partial charge < -0.3 is 10.0 Å². The molecule has 1 aliphatic heterocycles. The summed E-state index contributed by atoms with van der Waals surface area (Å²) in [6.45, 7) is 3.31. The maximum absolute atomic E-state index is 13.1. The van der Waals surface area contributed by atoms with Crippen LogP contribution in [0.3, 0.4) is 0 Å². The zero-order chi connectivity index (χ0) is 24.1. The Morgan fingerprint density at radius 2 is 1.91 bits per heavy atom. The molecular weight excluding hydrogens is 466 g/mol. The van der Waals surface area contributed by atoms with Crippen LogP contribution in [-0.4, -0.2) is 22.7 Å². The van der Waals surface area contributed by atoms with Crippen LogP contribution in [0, 0.1) is 0 Å². The van der Waals surface area contributed by atoms with Gasteiger partial charge in [0.25, 0.3) is 5.56 Å². The Labute approximate surface area is 206 Å². The number of thiazole rings is 1. The number of aromatic nitrogens is 2. The average molecular weight is 495 g/mol. The van der Waals surface area contributed by atoms with Crippen molar-refractivity contribution in [3.05, 3.63) is 85.0 Å². The highest BCUT2D eigenvalue weighted by atomic mass is 32.2. The number of para-hydroxylation sites is 1. The third-order valence-corrected chi connectivity index (χ3v) is 7.95. The van der Waals surface area contributed by atoms with Crippen molar-refractivity contribution in [2.24, 2.45) is 0 Å². The summed E-state index contributed by atoms with van der Waals surface area (Å²) >= 11 is 3.20. The molecule has 4 rings (SSSR count). The summed E-state index contributed by atoms with van der Waals surface area (Å²) in [6, 6.07) is 14.2. The van der Waals surface area contributed by atoms with E-state index in [1.807, 2.05) is 68.7 Å². The van der Waals surface area contributed by atoms with Crippen molar-refractivity contribution in [2.75, 3.05) is 11.9 Å². The van der Waals surface area contributed by atoms with Gasteiger partial charge in [0.15, 0.2) is 6.20 Å². The Kier molecular flexibility index (Phi) is 7.70. The second-order valence-electron chi connectivity index (χ2n) is 7.97. The fourth-order valence-corrected chi connectivity index (χ4v) is 5.99. The monoisotopic (exact) mass is 494 g/mol. The Bertz CT molecular complexity index is 1410. The number of carboxylic acids is 1. The zero-order valence-corrected chi connectivity index (χ0v) is 20.9. The van der Waals surface area contributed by atoms with Gasteiger partial charge in [0.2, 0.25) is 5.69 Å². The van der Waals surface area contributed by atoms with Gasteiger partial charge in [-0.2, -0.15) is 4.57 Å². The van der Waals surface area contributed by atoms with Crippen molar-refractivity contribution in [1.82, 2.24) is 4.57 Å². The van der Waals surface area contributed by atoms with Gasteiger partial charge in [-0.05, 0) is 43.7 Å². The third kappa shape index (κ3) is 5.34. The van der Waals surface area contributed by atoms with E-state index in [0.29, 0.717) is 17.5 Å². The maximum atomic E-state index is 13.1. The van der Waals surface area contributed by atoms with Crippen molar-refractivity contribution in [2.45, 2.75) is 44.2 Å². The van der Waals surface area contributed by atoms with Crippen molar-refractivity contribution < 1.29 is 14.5 Å². The summed E-state index contributed by atoms with van der Waals surface area (Å²) in [5, 5.41) is 9.95. The standard InChI is InChI=1S/C26H27N3O3S2/c1-3-29-24(18-19-10-6-8-16-28(19)17-9-7-13-25(30)31)34-22(26(29)32)14-15-23-27(2)20-11-4-5-12-21(20)33-23/h4-6,8,10-12,14-16,18H,3,7,9,13,17H2,1-2H3/p+1/b22-14-,23-15-. The molecule has 1 aromatic carbocycles. The number of fused-ring (bicyclic) bond motifs is 1. The number of aliphatic carboxylic acids is 1. The van der Waals surface area contributed by atoms with E-state index in [2.05, 4.69) is 21.6 Å².